The molecule has 1 heterocycles. The van der Waals surface area contributed by atoms with Crippen molar-refractivity contribution < 1.29 is 23.2 Å². The third kappa shape index (κ3) is 4.14. The van der Waals surface area contributed by atoms with E-state index >= 15 is 0 Å². The van der Waals surface area contributed by atoms with Crippen molar-refractivity contribution in [2.24, 2.45) is 0 Å². The number of nitrogens with one attached hydrogen (secondary N) is 2. The molecule has 152 valence electrons. The molecule has 1 aliphatic rings. The van der Waals surface area contributed by atoms with Gasteiger partial charge in [0.25, 0.3) is 5.91 Å². The van der Waals surface area contributed by atoms with Gasteiger partial charge in [-0.25, -0.2) is 13.6 Å². The third-order valence-corrected chi connectivity index (χ3v) is 5.35. The van der Waals surface area contributed by atoms with Crippen LogP contribution in [0.4, 0.5) is 13.6 Å². The van der Waals surface area contributed by atoms with E-state index in [1.807, 2.05) is 24.3 Å². The van der Waals surface area contributed by atoms with Gasteiger partial charge in [0.05, 0.1) is 6.04 Å². The maximum absolute atomic E-state index is 13.6. The Hall–Kier alpha value is -2.81. The monoisotopic (exact) mass is 465 g/mol. The van der Waals surface area contributed by atoms with Gasteiger partial charge in [-0.3, -0.25) is 14.5 Å². The molecule has 1 aliphatic heterocycles. The van der Waals surface area contributed by atoms with E-state index in [-0.39, 0.29) is 11.6 Å². The summed E-state index contributed by atoms with van der Waals surface area (Å²) in [5.41, 5.74) is -0.658. The number of halogens is 3. The molecule has 3 rings (SSSR count). The van der Waals surface area contributed by atoms with Crippen molar-refractivity contribution in [2.45, 2.75) is 25.4 Å². The molecule has 2 atom stereocenters. The lowest BCUT2D eigenvalue weighted by Crippen LogP contribution is -2.43. The Balaban J connectivity index is 1.71. The molecule has 0 radical (unpaired) electrons. The van der Waals surface area contributed by atoms with Crippen molar-refractivity contribution in [2.75, 3.05) is 6.54 Å². The molecule has 4 amide bonds. The first-order valence-electron chi connectivity index (χ1n) is 8.76. The molecule has 1 fully saturated rings. The first-order valence-corrected chi connectivity index (χ1v) is 9.55. The van der Waals surface area contributed by atoms with Crippen molar-refractivity contribution in [1.82, 2.24) is 15.5 Å². The molecule has 29 heavy (non-hydrogen) atoms. The van der Waals surface area contributed by atoms with Gasteiger partial charge in [-0.1, -0.05) is 34.1 Å². The number of carbonyl (C=O) groups is 3. The van der Waals surface area contributed by atoms with Crippen LogP contribution in [0.3, 0.4) is 0 Å². The minimum Gasteiger partial charge on any atom is -0.348 e. The van der Waals surface area contributed by atoms with Gasteiger partial charge in [-0.05, 0) is 49.2 Å². The van der Waals surface area contributed by atoms with E-state index in [2.05, 4.69) is 26.6 Å². The largest absolute Gasteiger partial charge is 0.348 e. The van der Waals surface area contributed by atoms with Crippen LogP contribution in [0.25, 0.3) is 0 Å². The summed E-state index contributed by atoms with van der Waals surface area (Å²) in [4.78, 5) is 38.2. The molecule has 2 aromatic carbocycles. The summed E-state index contributed by atoms with van der Waals surface area (Å²) < 4.78 is 27.7. The second-order valence-corrected chi connectivity index (χ2v) is 7.83. The lowest BCUT2D eigenvalue weighted by molar-refractivity contribution is -0.135. The van der Waals surface area contributed by atoms with Crippen molar-refractivity contribution >= 4 is 33.8 Å². The second kappa shape index (κ2) is 7.90. The van der Waals surface area contributed by atoms with Crippen LogP contribution in [0, 0.1) is 11.6 Å². The zero-order valence-corrected chi connectivity index (χ0v) is 17.2. The summed E-state index contributed by atoms with van der Waals surface area (Å²) in [5.74, 6) is -3.45. The van der Waals surface area contributed by atoms with Gasteiger partial charge in [0, 0.05) is 4.47 Å². The Morgan fingerprint density at radius 1 is 1.17 bits per heavy atom. The Bertz CT molecular complexity index is 983. The number of benzene rings is 2. The highest BCUT2D eigenvalue weighted by molar-refractivity contribution is 9.10. The first kappa shape index (κ1) is 20.9. The molecular formula is C20H18BrF2N3O3. The fourth-order valence-corrected chi connectivity index (χ4v) is 3.37. The van der Waals surface area contributed by atoms with E-state index in [0.717, 1.165) is 27.1 Å². The molecule has 6 nitrogen and oxygen atoms in total. The summed E-state index contributed by atoms with van der Waals surface area (Å²) in [5, 5.41) is 5.18. The SMILES string of the molecule is CC(NC(=O)CN1C(=O)NC(C)(c2ccc(F)c(F)c2)C1=O)c1ccc(Br)cc1. The van der Waals surface area contributed by atoms with Crippen LogP contribution in [0.5, 0.6) is 0 Å². The van der Waals surface area contributed by atoms with Gasteiger partial charge in [-0.15, -0.1) is 0 Å². The summed E-state index contributed by atoms with van der Waals surface area (Å²) in [6.45, 7) is 2.66. The predicted octanol–water partition coefficient (Wildman–Crippen LogP) is 3.37. The Morgan fingerprint density at radius 2 is 1.83 bits per heavy atom. The Morgan fingerprint density at radius 3 is 2.45 bits per heavy atom. The van der Waals surface area contributed by atoms with E-state index in [4.69, 9.17) is 0 Å². The minimum absolute atomic E-state index is 0.0842. The Kier molecular flexibility index (Phi) is 5.70. The molecule has 0 aromatic heterocycles. The Labute approximate surface area is 174 Å². The maximum Gasteiger partial charge on any atom is 0.325 e. The highest BCUT2D eigenvalue weighted by Gasteiger charge is 2.49. The number of hydrogen-bond acceptors (Lipinski definition) is 3. The topological polar surface area (TPSA) is 78.5 Å². The van der Waals surface area contributed by atoms with Gasteiger partial charge < -0.3 is 10.6 Å². The molecule has 0 bridgehead atoms. The number of amides is 4. The summed E-state index contributed by atoms with van der Waals surface area (Å²) in [7, 11) is 0. The van der Waals surface area contributed by atoms with Crippen LogP contribution in [0.15, 0.2) is 46.9 Å². The van der Waals surface area contributed by atoms with Crippen molar-refractivity contribution in [3.8, 4) is 0 Å². The van der Waals surface area contributed by atoms with E-state index in [0.29, 0.717) is 0 Å². The van der Waals surface area contributed by atoms with Gasteiger partial charge in [0.2, 0.25) is 5.91 Å². The number of rotatable bonds is 5. The average Bonchev–Trinajstić information content (AvgIpc) is 2.88. The lowest BCUT2D eigenvalue weighted by Gasteiger charge is -2.22. The van der Waals surface area contributed by atoms with Gasteiger partial charge in [0.15, 0.2) is 11.6 Å². The van der Waals surface area contributed by atoms with Crippen molar-refractivity contribution in [1.29, 1.82) is 0 Å². The minimum atomic E-state index is -1.59. The zero-order valence-electron chi connectivity index (χ0n) is 15.6. The fraction of sp³-hybridized carbons (Fsp3) is 0.250. The smallest absolute Gasteiger partial charge is 0.325 e. The van der Waals surface area contributed by atoms with Crippen LogP contribution in [-0.4, -0.2) is 29.3 Å². The number of nitrogens with zero attached hydrogens (tertiary/aromatic N) is 1. The number of carbonyl (C=O) groups excluding carboxylic acids is 3. The molecular weight excluding hydrogens is 448 g/mol. The van der Waals surface area contributed by atoms with Gasteiger partial charge >= 0.3 is 6.03 Å². The van der Waals surface area contributed by atoms with Crippen LogP contribution in [0.1, 0.15) is 31.0 Å². The summed E-state index contributed by atoms with van der Waals surface area (Å²) in [6.07, 6.45) is 0. The normalized spacial score (nSPS) is 19.8. The fourth-order valence-electron chi connectivity index (χ4n) is 3.11. The number of imide groups is 1. The van der Waals surface area contributed by atoms with Crippen LogP contribution in [0.2, 0.25) is 0 Å². The molecule has 2 aromatic rings. The lowest BCUT2D eigenvalue weighted by atomic mass is 9.92. The summed E-state index contributed by atoms with van der Waals surface area (Å²) in [6, 6.07) is 9.17. The average molecular weight is 466 g/mol. The van der Waals surface area contributed by atoms with E-state index in [1.165, 1.54) is 13.0 Å². The standard InChI is InChI=1S/C20H18BrF2N3O3/c1-11(12-3-6-14(21)7-4-12)24-17(27)10-26-18(28)20(2,25-19(26)29)13-5-8-15(22)16(23)9-13/h3-9,11H,10H2,1-2H3,(H,24,27)(H,25,29). The van der Waals surface area contributed by atoms with Crippen molar-refractivity contribution in [3.63, 3.8) is 0 Å². The molecule has 2 unspecified atom stereocenters. The molecule has 0 spiro atoms. The third-order valence-electron chi connectivity index (χ3n) is 4.82. The highest BCUT2D eigenvalue weighted by atomic mass is 79.9. The number of hydrogen-bond donors (Lipinski definition) is 2. The van der Waals surface area contributed by atoms with Crippen LogP contribution >= 0.6 is 15.9 Å². The van der Waals surface area contributed by atoms with E-state index in [9.17, 15) is 23.2 Å². The summed E-state index contributed by atoms with van der Waals surface area (Å²) >= 11 is 3.33. The highest BCUT2D eigenvalue weighted by Crippen LogP contribution is 2.29. The van der Waals surface area contributed by atoms with Gasteiger partial charge in [0.1, 0.15) is 12.1 Å². The van der Waals surface area contributed by atoms with Gasteiger partial charge in [-0.2, -0.15) is 0 Å². The molecule has 9 heteroatoms. The molecule has 0 aliphatic carbocycles. The van der Waals surface area contributed by atoms with Crippen LogP contribution < -0.4 is 10.6 Å². The first-order chi connectivity index (χ1) is 13.6. The quantitative estimate of drug-likeness (QED) is 0.664. The second-order valence-electron chi connectivity index (χ2n) is 6.92. The van der Waals surface area contributed by atoms with E-state index in [1.54, 1.807) is 6.92 Å². The maximum atomic E-state index is 13.6. The molecule has 2 N–H and O–H groups in total. The van der Waals surface area contributed by atoms with E-state index < -0.39 is 41.6 Å². The number of urea groups is 1. The molecule has 1 saturated heterocycles. The zero-order chi connectivity index (χ0) is 21.3. The van der Waals surface area contributed by atoms with Crippen molar-refractivity contribution in [3.05, 3.63) is 69.7 Å². The predicted molar refractivity (Wildman–Crippen MR) is 105 cm³/mol. The molecule has 0 saturated carbocycles. The van der Waals surface area contributed by atoms with Crippen LogP contribution in [-0.2, 0) is 15.1 Å².